The van der Waals surface area contributed by atoms with Gasteiger partial charge in [0.15, 0.2) is 18.1 Å². The number of ether oxygens (including phenoxy) is 2. The Labute approximate surface area is 216 Å². The molecule has 3 aromatic heterocycles. The number of carboxylic acids is 1. The number of carbonyl (C=O) groups is 1. The van der Waals surface area contributed by atoms with Crippen molar-refractivity contribution in [3.8, 4) is 11.5 Å². The normalized spacial score (nSPS) is 15.2. The largest absolute Gasteiger partial charge is 0.493 e. The molecule has 0 radical (unpaired) electrons. The topological polar surface area (TPSA) is 130 Å². The summed E-state index contributed by atoms with van der Waals surface area (Å²) < 4.78 is 18.1. The Bertz CT molecular complexity index is 1570. The van der Waals surface area contributed by atoms with Crippen molar-refractivity contribution < 1.29 is 23.9 Å². The molecule has 0 saturated carbocycles. The standard InChI is InChI=1S/C26H28N4O6S/c1-13-20-23(37-21(13)25(32)33)28-22-16(8-9-30(22)24(20)31)26(3,4)11-15-6-7-17(18(10-15)34-5)35-12-19-27-14(2)36-29-19/h6-7,10,16H,8-9,11-12H2,1-5H3,(H,32,33). The summed E-state index contributed by atoms with van der Waals surface area (Å²) in [6, 6.07) is 5.83. The third-order valence-electron chi connectivity index (χ3n) is 6.98. The molecule has 37 heavy (non-hydrogen) atoms. The Hall–Kier alpha value is -3.73. The molecule has 194 valence electrons. The molecule has 1 unspecified atom stereocenters. The van der Waals surface area contributed by atoms with Gasteiger partial charge in [0.05, 0.1) is 12.5 Å². The van der Waals surface area contributed by atoms with Gasteiger partial charge in [0.1, 0.15) is 15.5 Å². The molecule has 0 amide bonds. The Balaban J connectivity index is 1.40. The van der Waals surface area contributed by atoms with Crippen molar-refractivity contribution in [1.82, 2.24) is 19.7 Å². The first-order valence-corrected chi connectivity index (χ1v) is 12.8. The second-order valence-corrected chi connectivity index (χ2v) is 11.0. The lowest BCUT2D eigenvalue weighted by Gasteiger charge is -2.31. The van der Waals surface area contributed by atoms with Crippen molar-refractivity contribution in [2.24, 2.45) is 5.41 Å². The molecule has 1 aromatic carbocycles. The van der Waals surface area contributed by atoms with Crippen LogP contribution in [0.15, 0.2) is 27.5 Å². The minimum absolute atomic E-state index is 0.0312. The van der Waals surface area contributed by atoms with Crippen LogP contribution in [0.4, 0.5) is 0 Å². The highest BCUT2D eigenvalue weighted by Gasteiger charge is 2.39. The fourth-order valence-corrected chi connectivity index (χ4v) is 6.20. The average molecular weight is 525 g/mol. The molecule has 0 saturated heterocycles. The third kappa shape index (κ3) is 4.48. The van der Waals surface area contributed by atoms with Crippen molar-refractivity contribution in [2.75, 3.05) is 7.11 Å². The minimum Gasteiger partial charge on any atom is -0.493 e. The SMILES string of the molecule is COc1cc(CC(C)(C)C2CCn3c2nc2sc(C(=O)O)c(C)c2c3=O)ccc1OCc1noc(C)n1. The van der Waals surface area contributed by atoms with Gasteiger partial charge in [0.2, 0.25) is 11.7 Å². The Kier molecular flexibility index (Phi) is 6.26. The first-order valence-electron chi connectivity index (χ1n) is 11.9. The van der Waals surface area contributed by atoms with Crippen LogP contribution in [0, 0.1) is 19.3 Å². The van der Waals surface area contributed by atoms with Crippen LogP contribution in [-0.4, -0.2) is 37.9 Å². The van der Waals surface area contributed by atoms with Crippen molar-refractivity contribution in [3.05, 3.63) is 62.1 Å². The molecule has 0 spiro atoms. The van der Waals surface area contributed by atoms with Gasteiger partial charge in [0, 0.05) is 19.4 Å². The molecule has 10 nitrogen and oxygen atoms in total. The maximum absolute atomic E-state index is 13.3. The summed E-state index contributed by atoms with van der Waals surface area (Å²) in [5.74, 6) is 1.84. The summed E-state index contributed by atoms with van der Waals surface area (Å²) in [5, 5.41) is 13.8. The van der Waals surface area contributed by atoms with Crippen molar-refractivity contribution in [3.63, 3.8) is 0 Å². The van der Waals surface area contributed by atoms with Crippen LogP contribution in [0.5, 0.6) is 11.5 Å². The smallest absolute Gasteiger partial charge is 0.346 e. The lowest BCUT2D eigenvalue weighted by molar-refractivity contribution is 0.0701. The lowest BCUT2D eigenvalue weighted by atomic mass is 9.73. The average Bonchev–Trinajstić information content (AvgIpc) is 3.55. The molecule has 0 aliphatic carbocycles. The number of fused-ring (bicyclic) bond motifs is 2. The number of methoxy groups -OCH3 is 1. The fraction of sp³-hybridized carbons (Fsp3) is 0.423. The number of thiophene rings is 1. The number of rotatable bonds is 8. The monoisotopic (exact) mass is 524 g/mol. The second kappa shape index (κ2) is 9.29. The number of nitrogens with zero attached hydrogens (tertiary/aromatic N) is 4. The van der Waals surface area contributed by atoms with Crippen molar-refractivity contribution in [1.29, 1.82) is 0 Å². The van der Waals surface area contributed by atoms with Gasteiger partial charge >= 0.3 is 5.97 Å². The zero-order valence-electron chi connectivity index (χ0n) is 21.3. The number of hydrogen-bond acceptors (Lipinski definition) is 9. The van der Waals surface area contributed by atoms with Gasteiger partial charge in [-0.05, 0) is 48.4 Å². The third-order valence-corrected chi connectivity index (χ3v) is 8.16. The van der Waals surface area contributed by atoms with Crippen LogP contribution in [0.2, 0.25) is 0 Å². The first-order chi connectivity index (χ1) is 17.6. The van der Waals surface area contributed by atoms with Crippen LogP contribution in [0.1, 0.15) is 64.5 Å². The van der Waals surface area contributed by atoms with E-state index < -0.39 is 5.97 Å². The Morgan fingerprint density at radius 2 is 2.05 bits per heavy atom. The number of hydrogen-bond donors (Lipinski definition) is 1. The molecule has 4 aromatic rings. The van der Waals surface area contributed by atoms with Gasteiger partial charge in [-0.2, -0.15) is 4.98 Å². The highest BCUT2D eigenvalue weighted by Crippen LogP contribution is 2.45. The maximum atomic E-state index is 13.3. The van der Waals surface area contributed by atoms with E-state index in [0.29, 0.717) is 45.5 Å². The van der Waals surface area contributed by atoms with E-state index in [0.717, 1.165) is 35.6 Å². The number of aromatic carboxylic acids is 1. The Morgan fingerprint density at radius 3 is 2.73 bits per heavy atom. The van der Waals surface area contributed by atoms with Crippen LogP contribution >= 0.6 is 11.3 Å². The molecule has 1 aliphatic rings. The summed E-state index contributed by atoms with van der Waals surface area (Å²) in [6.45, 7) is 8.47. The van der Waals surface area contributed by atoms with Crippen LogP contribution in [0.3, 0.4) is 0 Å². The van der Waals surface area contributed by atoms with E-state index >= 15 is 0 Å². The number of aromatic nitrogens is 4. The van der Waals surface area contributed by atoms with Gasteiger partial charge in [-0.25, -0.2) is 9.78 Å². The van der Waals surface area contributed by atoms with Gasteiger partial charge in [-0.15, -0.1) is 11.3 Å². The summed E-state index contributed by atoms with van der Waals surface area (Å²) in [5.41, 5.74) is 1.17. The number of aryl methyl sites for hydroxylation is 2. The predicted octanol–water partition coefficient (Wildman–Crippen LogP) is 4.50. The maximum Gasteiger partial charge on any atom is 0.346 e. The quantitative estimate of drug-likeness (QED) is 0.354. The number of benzene rings is 1. The van der Waals surface area contributed by atoms with E-state index in [1.54, 1.807) is 25.5 Å². The van der Waals surface area contributed by atoms with Crippen molar-refractivity contribution >= 4 is 27.5 Å². The molecule has 5 rings (SSSR count). The van der Waals surface area contributed by atoms with Gasteiger partial charge in [-0.1, -0.05) is 25.1 Å². The second-order valence-electron chi connectivity index (χ2n) is 9.98. The Morgan fingerprint density at radius 1 is 1.27 bits per heavy atom. The highest BCUT2D eigenvalue weighted by atomic mass is 32.1. The molecule has 0 bridgehead atoms. The van der Waals surface area contributed by atoms with Crippen LogP contribution < -0.4 is 15.0 Å². The van der Waals surface area contributed by atoms with Crippen LogP contribution in [-0.2, 0) is 19.6 Å². The molecule has 1 atom stereocenters. The summed E-state index contributed by atoms with van der Waals surface area (Å²) in [6.07, 6.45) is 1.51. The van der Waals surface area contributed by atoms with Gasteiger partial charge in [0.25, 0.3) is 5.56 Å². The summed E-state index contributed by atoms with van der Waals surface area (Å²) in [7, 11) is 1.60. The molecule has 1 N–H and O–H groups in total. The zero-order chi connectivity index (χ0) is 26.5. The van der Waals surface area contributed by atoms with E-state index in [1.807, 2.05) is 18.2 Å². The minimum atomic E-state index is -1.03. The van der Waals surface area contributed by atoms with E-state index in [4.69, 9.17) is 19.0 Å². The molecule has 11 heteroatoms. The van der Waals surface area contributed by atoms with Crippen LogP contribution in [0.25, 0.3) is 10.2 Å². The molecule has 4 heterocycles. The molecule has 0 fully saturated rings. The molecule has 1 aliphatic heterocycles. The fourth-order valence-electron chi connectivity index (χ4n) is 5.18. The lowest BCUT2D eigenvalue weighted by Crippen LogP contribution is -2.27. The molecular weight excluding hydrogens is 496 g/mol. The summed E-state index contributed by atoms with van der Waals surface area (Å²) in [4.78, 5) is 34.5. The predicted molar refractivity (Wildman–Crippen MR) is 137 cm³/mol. The van der Waals surface area contributed by atoms with E-state index in [-0.39, 0.29) is 28.4 Å². The zero-order valence-corrected chi connectivity index (χ0v) is 22.1. The number of carboxylic acid groups (broad SMARTS) is 1. The first kappa shape index (κ1) is 24.9. The van der Waals surface area contributed by atoms with Gasteiger partial charge in [-0.3, -0.25) is 9.36 Å². The van der Waals surface area contributed by atoms with E-state index in [1.165, 1.54) is 0 Å². The summed E-state index contributed by atoms with van der Waals surface area (Å²) >= 11 is 1.07. The van der Waals surface area contributed by atoms with Gasteiger partial charge < -0.3 is 19.1 Å². The molecular formula is C26H28N4O6S. The van der Waals surface area contributed by atoms with E-state index in [9.17, 15) is 14.7 Å². The van der Waals surface area contributed by atoms with E-state index in [2.05, 4.69) is 24.0 Å². The van der Waals surface area contributed by atoms with Crippen molar-refractivity contribution in [2.45, 2.75) is 59.6 Å². The highest BCUT2D eigenvalue weighted by molar-refractivity contribution is 7.20.